The summed E-state index contributed by atoms with van der Waals surface area (Å²) < 4.78 is 2.14. The van der Waals surface area contributed by atoms with Crippen LogP contribution in [0, 0.1) is 0 Å². The third kappa shape index (κ3) is 1.21. The van der Waals surface area contributed by atoms with Crippen LogP contribution in [0.3, 0.4) is 0 Å². The van der Waals surface area contributed by atoms with E-state index in [2.05, 4.69) is 14.8 Å². The Bertz CT molecular complexity index is 455. The van der Waals surface area contributed by atoms with E-state index in [1.165, 1.54) is 12.8 Å². The fourth-order valence-electron chi connectivity index (χ4n) is 1.51. The number of nitrogens with zero attached hydrogens (tertiary/aromatic N) is 3. The smallest absolute Gasteiger partial charge is 0.174 e. The summed E-state index contributed by atoms with van der Waals surface area (Å²) in [6, 6.07) is 4.53. The van der Waals surface area contributed by atoms with E-state index in [4.69, 9.17) is 5.73 Å². The monoisotopic (exact) mass is 206 g/mol. The quantitative estimate of drug-likeness (QED) is 0.816. The summed E-state index contributed by atoms with van der Waals surface area (Å²) in [5.41, 5.74) is 5.69. The zero-order valence-electron chi connectivity index (χ0n) is 7.55. The second-order valence-corrected chi connectivity index (χ2v) is 4.61. The summed E-state index contributed by atoms with van der Waals surface area (Å²) in [5.74, 6) is 0.953. The van der Waals surface area contributed by atoms with Gasteiger partial charge in [0.2, 0.25) is 0 Å². The van der Waals surface area contributed by atoms with E-state index in [0.717, 1.165) is 15.7 Å². The Hall–Kier alpha value is -1.36. The van der Waals surface area contributed by atoms with Gasteiger partial charge in [0.1, 0.15) is 6.33 Å². The molecule has 0 aromatic carbocycles. The van der Waals surface area contributed by atoms with E-state index in [1.807, 2.05) is 18.5 Å². The third-order valence-electron chi connectivity index (χ3n) is 2.36. The molecule has 14 heavy (non-hydrogen) atoms. The van der Waals surface area contributed by atoms with Crippen LogP contribution in [0.15, 0.2) is 18.5 Å². The van der Waals surface area contributed by atoms with E-state index >= 15 is 0 Å². The molecule has 0 spiro atoms. The number of aromatic nitrogens is 3. The number of rotatable bonds is 2. The Labute approximate surface area is 85.4 Å². The molecule has 0 aliphatic heterocycles. The van der Waals surface area contributed by atoms with Crippen molar-refractivity contribution < 1.29 is 0 Å². The van der Waals surface area contributed by atoms with Gasteiger partial charge < -0.3 is 10.3 Å². The van der Waals surface area contributed by atoms with Crippen molar-refractivity contribution in [1.29, 1.82) is 0 Å². The van der Waals surface area contributed by atoms with Gasteiger partial charge in [-0.15, -0.1) is 21.5 Å². The average molecular weight is 206 g/mol. The van der Waals surface area contributed by atoms with E-state index in [9.17, 15) is 0 Å². The van der Waals surface area contributed by atoms with Gasteiger partial charge in [-0.3, -0.25) is 0 Å². The van der Waals surface area contributed by atoms with Gasteiger partial charge in [-0.1, -0.05) is 0 Å². The molecule has 1 fully saturated rings. The zero-order valence-corrected chi connectivity index (χ0v) is 8.37. The standard InChI is InChI=1S/C9H10N4S/c10-8-4-3-7(14-8)9-12-11-5-13(9)6-1-2-6/h3-6H,1-2,10H2. The van der Waals surface area contributed by atoms with Gasteiger partial charge in [-0.2, -0.15) is 0 Å². The normalized spacial score (nSPS) is 16.0. The molecule has 0 amide bonds. The fourth-order valence-corrected chi connectivity index (χ4v) is 2.28. The zero-order chi connectivity index (χ0) is 9.54. The molecule has 2 aromatic heterocycles. The summed E-state index contributed by atoms with van der Waals surface area (Å²) >= 11 is 1.56. The van der Waals surface area contributed by atoms with Crippen LogP contribution in [0.1, 0.15) is 18.9 Å². The molecule has 0 radical (unpaired) electrons. The Balaban J connectivity index is 2.06. The molecule has 1 saturated carbocycles. The Kier molecular flexibility index (Phi) is 1.61. The van der Waals surface area contributed by atoms with Crippen molar-refractivity contribution in [3.05, 3.63) is 18.5 Å². The first-order valence-electron chi connectivity index (χ1n) is 4.60. The van der Waals surface area contributed by atoms with E-state index in [0.29, 0.717) is 6.04 Å². The number of anilines is 1. The van der Waals surface area contributed by atoms with Crippen LogP contribution >= 0.6 is 11.3 Å². The first kappa shape index (κ1) is 7.99. The number of thiophene rings is 1. The van der Waals surface area contributed by atoms with Crippen LogP contribution in [0.25, 0.3) is 10.7 Å². The van der Waals surface area contributed by atoms with Crippen LogP contribution in [-0.2, 0) is 0 Å². The Morgan fingerprint density at radius 1 is 1.43 bits per heavy atom. The topological polar surface area (TPSA) is 56.7 Å². The highest BCUT2D eigenvalue weighted by Crippen LogP contribution is 2.38. The van der Waals surface area contributed by atoms with Gasteiger partial charge in [0.25, 0.3) is 0 Å². The second kappa shape index (κ2) is 2.81. The average Bonchev–Trinajstić information content (AvgIpc) is 2.75. The lowest BCUT2D eigenvalue weighted by Gasteiger charge is -2.00. The molecular weight excluding hydrogens is 196 g/mol. The van der Waals surface area contributed by atoms with E-state index < -0.39 is 0 Å². The molecule has 1 aliphatic carbocycles. The molecule has 4 nitrogen and oxygen atoms in total. The van der Waals surface area contributed by atoms with Crippen molar-refractivity contribution >= 4 is 16.3 Å². The molecule has 5 heteroatoms. The minimum atomic E-state index is 0.614. The van der Waals surface area contributed by atoms with Gasteiger partial charge in [-0.05, 0) is 25.0 Å². The third-order valence-corrected chi connectivity index (χ3v) is 3.27. The number of hydrogen-bond acceptors (Lipinski definition) is 4. The predicted molar refractivity (Wildman–Crippen MR) is 56.0 cm³/mol. The minimum absolute atomic E-state index is 0.614. The lowest BCUT2D eigenvalue weighted by atomic mass is 10.4. The van der Waals surface area contributed by atoms with Gasteiger partial charge in [0, 0.05) is 6.04 Å². The number of hydrogen-bond donors (Lipinski definition) is 1. The van der Waals surface area contributed by atoms with Crippen molar-refractivity contribution in [3.63, 3.8) is 0 Å². The van der Waals surface area contributed by atoms with Crippen molar-refractivity contribution in [2.24, 2.45) is 0 Å². The van der Waals surface area contributed by atoms with Gasteiger partial charge in [0.15, 0.2) is 5.82 Å². The summed E-state index contributed by atoms with van der Waals surface area (Å²) in [6.45, 7) is 0. The molecule has 2 heterocycles. The summed E-state index contributed by atoms with van der Waals surface area (Å²) in [5, 5.41) is 8.90. The van der Waals surface area contributed by atoms with E-state index in [-0.39, 0.29) is 0 Å². The maximum atomic E-state index is 5.69. The highest BCUT2D eigenvalue weighted by molar-refractivity contribution is 7.19. The largest absolute Gasteiger partial charge is 0.391 e. The maximum Gasteiger partial charge on any atom is 0.174 e. The van der Waals surface area contributed by atoms with Gasteiger partial charge in [-0.25, -0.2) is 0 Å². The predicted octanol–water partition coefficient (Wildman–Crippen LogP) is 1.92. The first-order chi connectivity index (χ1) is 6.84. The number of nitrogens with two attached hydrogens (primary N) is 1. The summed E-state index contributed by atoms with van der Waals surface area (Å²) in [4.78, 5) is 1.10. The molecule has 0 saturated heterocycles. The second-order valence-electron chi connectivity index (χ2n) is 3.50. The minimum Gasteiger partial charge on any atom is -0.391 e. The highest BCUT2D eigenvalue weighted by Gasteiger charge is 2.26. The van der Waals surface area contributed by atoms with E-state index in [1.54, 1.807) is 11.3 Å². The van der Waals surface area contributed by atoms with Gasteiger partial charge in [0.05, 0.1) is 9.88 Å². The molecule has 0 atom stereocenters. The Morgan fingerprint density at radius 3 is 2.93 bits per heavy atom. The van der Waals surface area contributed by atoms with Gasteiger partial charge >= 0.3 is 0 Å². The number of nitrogen functional groups attached to an aromatic ring is 1. The van der Waals surface area contributed by atoms with Crippen molar-refractivity contribution in [2.45, 2.75) is 18.9 Å². The van der Waals surface area contributed by atoms with Crippen LogP contribution < -0.4 is 5.73 Å². The fraction of sp³-hybridized carbons (Fsp3) is 0.333. The van der Waals surface area contributed by atoms with Crippen molar-refractivity contribution in [2.75, 3.05) is 5.73 Å². The molecule has 2 aromatic rings. The maximum absolute atomic E-state index is 5.69. The highest BCUT2D eigenvalue weighted by atomic mass is 32.1. The van der Waals surface area contributed by atoms with Crippen molar-refractivity contribution in [3.8, 4) is 10.7 Å². The lowest BCUT2D eigenvalue weighted by Crippen LogP contribution is -1.93. The van der Waals surface area contributed by atoms with Crippen LogP contribution in [0.2, 0.25) is 0 Å². The molecule has 1 aliphatic rings. The summed E-state index contributed by atoms with van der Waals surface area (Å²) in [6.07, 6.45) is 4.29. The molecule has 0 unspecified atom stereocenters. The van der Waals surface area contributed by atoms with Crippen LogP contribution in [0.4, 0.5) is 5.00 Å². The lowest BCUT2D eigenvalue weighted by molar-refractivity contribution is 0.747. The van der Waals surface area contributed by atoms with Crippen molar-refractivity contribution in [1.82, 2.24) is 14.8 Å². The molecule has 72 valence electrons. The van der Waals surface area contributed by atoms with Crippen LogP contribution in [0.5, 0.6) is 0 Å². The first-order valence-corrected chi connectivity index (χ1v) is 5.41. The SMILES string of the molecule is Nc1ccc(-c2nncn2C2CC2)s1. The Morgan fingerprint density at radius 2 is 2.29 bits per heavy atom. The molecule has 2 N–H and O–H groups in total. The summed E-state index contributed by atoms with van der Waals surface area (Å²) in [7, 11) is 0. The molecule has 3 rings (SSSR count). The van der Waals surface area contributed by atoms with Crippen LogP contribution in [-0.4, -0.2) is 14.8 Å². The molecular formula is C9H10N4S. The molecule has 0 bridgehead atoms.